The van der Waals surface area contributed by atoms with E-state index in [1.807, 2.05) is 0 Å². The molecule has 0 N–H and O–H groups in total. The lowest BCUT2D eigenvalue weighted by Gasteiger charge is -2.13. The van der Waals surface area contributed by atoms with E-state index in [1.54, 1.807) is 0 Å². The van der Waals surface area contributed by atoms with Crippen molar-refractivity contribution in [1.82, 2.24) is 0 Å². The molecular weight excluding hydrogens is 208 g/mol. The molecule has 4 atom stereocenters. The highest BCUT2D eigenvalue weighted by atomic mass is 19.2. The minimum absolute atomic E-state index is 0.794. The fourth-order valence-corrected chi connectivity index (χ4v) is 0.399. The Balaban J connectivity index is 3.87. The summed E-state index contributed by atoms with van der Waals surface area (Å²) in [5.74, 6) is 0. The summed E-state index contributed by atoms with van der Waals surface area (Å²) in [7, 11) is 0. The maximum atomic E-state index is 12.3. The molecule has 0 aromatic heterocycles. The molecule has 0 saturated heterocycles. The number of alkyl halides is 4. The zero-order chi connectivity index (χ0) is 11.3. The Morgan fingerprint density at radius 2 is 1.21 bits per heavy atom. The van der Waals surface area contributed by atoms with Crippen LogP contribution in [0.25, 0.3) is 0 Å². The van der Waals surface area contributed by atoms with Gasteiger partial charge in [0.2, 0.25) is 0 Å². The minimum Gasteiger partial charge on any atom is -0.396 e. The first kappa shape index (κ1) is 13.0. The van der Waals surface area contributed by atoms with Gasteiger partial charge in [-0.15, -0.1) is 0 Å². The summed E-state index contributed by atoms with van der Waals surface area (Å²) >= 11 is 0. The Morgan fingerprint density at radius 3 is 1.43 bits per heavy atom. The van der Waals surface area contributed by atoms with Crippen molar-refractivity contribution in [1.29, 1.82) is 0 Å². The van der Waals surface area contributed by atoms with Crippen LogP contribution in [-0.2, 0) is 9.47 Å². The molecule has 0 aliphatic heterocycles. The van der Waals surface area contributed by atoms with E-state index < -0.39 is 31.2 Å². The number of halogens is 4. The number of hydrogen-bond donors (Lipinski definition) is 0. The second-order valence-corrected chi connectivity index (χ2v) is 2.54. The van der Waals surface area contributed by atoms with E-state index in [0.29, 0.717) is 0 Å². The third-order valence-electron chi connectivity index (χ3n) is 1.14. The van der Waals surface area contributed by atoms with Gasteiger partial charge in [-0.1, -0.05) is 0 Å². The second kappa shape index (κ2) is 5.66. The molecule has 0 amide bonds. The second-order valence-electron chi connectivity index (χ2n) is 2.54. The first-order valence-corrected chi connectivity index (χ1v) is 3.78. The molecule has 0 rings (SSSR count). The lowest BCUT2D eigenvalue weighted by Crippen LogP contribution is -2.27. The van der Waals surface area contributed by atoms with E-state index in [0.717, 1.165) is 13.8 Å². The summed E-state index contributed by atoms with van der Waals surface area (Å²) in [4.78, 5) is 10.4. The topological polar surface area (TPSA) is 35.5 Å². The summed E-state index contributed by atoms with van der Waals surface area (Å²) in [5.41, 5.74) is 0. The number of ether oxygens (including phenoxy) is 2. The van der Waals surface area contributed by atoms with Crippen LogP contribution in [0.15, 0.2) is 0 Å². The predicted molar refractivity (Wildman–Crippen MR) is 38.5 cm³/mol. The summed E-state index contributed by atoms with van der Waals surface area (Å²) in [5, 5.41) is 0. The molecule has 0 fully saturated rings. The zero-order valence-corrected chi connectivity index (χ0v) is 7.55. The molecule has 0 bridgehead atoms. The Hall–Kier alpha value is -1.01. The largest absolute Gasteiger partial charge is 0.513 e. The molecule has 7 heteroatoms. The standard InChI is InChI=1S/C7H10F4O3/c1-3(8)5(10)13-7(12)14-6(11)4(2)9/h3-6H,1-2H3. The van der Waals surface area contributed by atoms with E-state index >= 15 is 0 Å². The third-order valence-corrected chi connectivity index (χ3v) is 1.14. The molecule has 0 spiro atoms. The van der Waals surface area contributed by atoms with Crippen LogP contribution >= 0.6 is 0 Å². The van der Waals surface area contributed by atoms with Crippen LogP contribution in [0.1, 0.15) is 13.8 Å². The SMILES string of the molecule is CC(F)C(F)OC(=O)OC(F)C(C)F. The minimum atomic E-state index is -2.55. The van der Waals surface area contributed by atoms with Crippen molar-refractivity contribution in [2.75, 3.05) is 0 Å². The van der Waals surface area contributed by atoms with Gasteiger partial charge in [0.15, 0.2) is 12.3 Å². The number of rotatable bonds is 4. The molecule has 14 heavy (non-hydrogen) atoms. The van der Waals surface area contributed by atoms with Crippen LogP contribution < -0.4 is 0 Å². The molecule has 0 aromatic carbocycles. The smallest absolute Gasteiger partial charge is 0.396 e. The number of hydrogen-bond acceptors (Lipinski definition) is 3. The van der Waals surface area contributed by atoms with Crippen LogP contribution in [0.2, 0.25) is 0 Å². The molecule has 3 nitrogen and oxygen atoms in total. The van der Waals surface area contributed by atoms with E-state index in [9.17, 15) is 22.4 Å². The zero-order valence-electron chi connectivity index (χ0n) is 7.55. The van der Waals surface area contributed by atoms with Crippen LogP contribution in [0.5, 0.6) is 0 Å². The number of carbonyl (C=O) groups excluding carboxylic acids is 1. The maximum Gasteiger partial charge on any atom is 0.513 e. The highest BCUT2D eigenvalue weighted by Crippen LogP contribution is 2.10. The van der Waals surface area contributed by atoms with Gasteiger partial charge >= 0.3 is 6.16 Å². The molecule has 4 unspecified atom stereocenters. The maximum absolute atomic E-state index is 12.3. The summed E-state index contributed by atoms with van der Waals surface area (Å²) in [6.07, 6.45) is -11.0. The predicted octanol–water partition coefficient (Wildman–Crippen LogP) is 2.45. The van der Waals surface area contributed by atoms with Crippen molar-refractivity contribution in [3.05, 3.63) is 0 Å². The summed E-state index contributed by atoms with van der Waals surface area (Å²) in [6.45, 7) is 1.59. The first-order valence-electron chi connectivity index (χ1n) is 3.78. The highest BCUT2D eigenvalue weighted by molar-refractivity contribution is 5.60. The molecule has 0 radical (unpaired) electrons. The Bertz CT molecular complexity index is 168. The Morgan fingerprint density at radius 1 is 0.929 bits per heavy atom. The molecule has 0 aliphatic rings. The molecule has 0 heterocycles. The molecule has 0 aliphatic carbocycles. The van der Waals surface area contributed by atoms with Gasteiger partial charge in [0.1, 0.15) is 0 Å². The van der Waals surface area contributed by atoms with Gasteiger partial charge in [-0.05, 0) is 13.8 Å². The average Bonchev–Trinajstić information content (AvgIpc) is 2.03. The van der Waals surface area contributed by atoms with Crippen molar-refractivity contribution in [3.63, 3.8) is 0 Å². The van der Waals surface area contributed by atoms with Gasteiger partial charge in [0, 0.05) is 0 Å². The third kappa shape index (κ3) is 4.88. The fraction of sp³-hybridized carbons (Fsp3) is 0.857. The molecule has 0 saturated carbocycles. The molecule has 0 aromatic rings. The van der Waals surface area contributed by atoms with Gasteiger partial charge in [-0.2, -0.15) is 8.78 Å². The monoisotopic (exact) mass is 218 g/mol. The van der Waals surface area contributed by atoms with Gasteiger partial charge < -0.3 is 9.47 Å². The molecular formula is C7H10F4O3. The van der Waals surface area contributed by atoms with Crippen LogP contribution in [0.3, 0.4) is 0 Å². The first-order chi connectivity index (χ1) is 6.34. The quantitative estimate of drug-likeness (QED) is 0.537. The molecule has 84 valence electrons. The van der Waals surface area contributed by atoms with E-state index in [4.69, 9.17) is 0 Å². The van der Waals surface area contributed by atoms with Crippen molar-refractivity contribution >= 4 is 6.16 Å². The van der Waals surface area contributed by atoms with Crippen LogP contribution in [-0.4, -0.2) is 31.2 Å². The average molecular weight is 218 g/mol. The van der Waals surface area contributed by atoms with Gasteiger partial charge in [-0.25, -0.2) is 13.6 Å². The van der Waals surface area contributed by atoms with E-state index in [-0.39, 0.29) is 0 Å². The van der Waals surface area contributed by atoms with Gasteiger partial charge in [-0.3, -0.25) is 0 Å². The van der Waals surface area contributed by atoms with E-state index in [2.05, 4.69) is 9.47 Å². The summed E-state index contributed by atoms with van der Waals surface area (Å²) in [6, 6.07) is 0. The van der Waals surface area contributed by atoms with E-state index in [1.165, 1.54) is 0 Å². The Kier molecular flexibility index (Phi) is 5.26. The van der Waals surface area contributed by atoms with Crippen molar-refractivity contribution in [2.24, 2.45) is 0 Å². The lowest BCUT2D eigenvalue weighted by atomic mass is 10.4. The highest BCUT2D eigenvalue weighted by Gasteiger charge is 2.25. The normalized spacial score (nSPS) is 19.3. The Labute approximate surface area is 78.0 Å². The van der Waals surface area contributed by atoms with Crippen molar-refractivity contribution in [3.8, 4) is 0 Å². The van der Waals surface area contributed by atoms with Gasteiger partial charge in [0.25, 0.3) is 12.7 Å². The van der Waals surface area contributed by atoms with Crippen LogP contribution in [0.4, 0.5) is 22.4 Å². The van der Waals surface area contributed by atoms with Crippen LogP contribution in [0, 0.1) is 0 Å². The fourth-order valence-electron chi connectivity index (χ4n) is 0.399. The summed E-state index contributed by atoms with van der Waals surface area (Å²) < 4.78 is 56.0. The van der Waals surface area contributed by atoms with Crippen molar-refractivity contribution < 1.29 is 31.8 Å². The van der Waals surface area contributed by atoms with Gasteiger partial charge in [0.05, 0.1) is 0 Å². The van der Waals surface area contributed by atoms with Crippen molar-refractivity contribution in [2.45, 2.75) is 38.9 Å². The number of carbonyl (C=O) groups is 1. The lowest BCUT2D eigenvalue weighted by molar-refractivity contribution is -0.109.